The molecular formula is C14H14BrFOS. The third-order valence-corrected chi connectivity index (χ3v) is 5.28. The summed E-state index contributed by atoms with van der Waals surface area (Å²) in [6.45, 7) is 4.18. The van der Waals surface area contributed by atoms with Gasteiger partial charge in [0.15, 0.2) is 11.6 Å². The molecule has 4 heteroatoms. The quantitative estimate of drug-likeness (QED) is 0.720. The van der Waals surface area contributed by atoms with E-state index in [1.807, 2.05) is 0 Å². The third kappa shape index (κ3) is 2.59. The van der Waals surface area contributed by atoms with Crippen LogP contribution in [0.15, 0.2) is 24.3 Å². The second-order valence-electron chi connectivity index (χ2n) is 4.16. The summed E-state index contributed by atoms with van der Waals surface area (Å²) < 4.78 is 18.4. The Hall–Kier alpha value is -0.870. The molecule has 0 bridgehead atoms. The predicted octanol–water partition coefficient (Wildman–Crippen LogP) is 5.00. The van der Waals surface area contributed by atoms with Crippen molar-refractivity contribution in [1.29, 1.82) is 0 Å². The molecule has 1 heterocycles. The molecule has 2 aromatic rings. The molecule has 1 unspecified atom stereocenters. The number of rotatable bonds is 3. The molecule has 18 heavy (non-hydrogen) atoms. The van der Waals surface area contributed by atoms with E-state index in [0.717, 1.165) is 5.56 Å². The molecule has 2 rings (SSSR count). The molecule has 0 spiro atoms. The highest BCUT2D eigenvalue weighted by atomic mass is 79.9. The highest BCUT2D eigenvalue weighted by Crippen LogP contribution is 2.39. The van der Waals surface area contributed by atoms with Crippen LogP contribution in [0.5, 0.6) is 5.75 Å². The number of hydrogen-bond donors (Lipinski definition) is 0. The van der Waals surface area contributed by atoms with E-state index >= 15 is 0 Å². The molecular weight excluding hydrogens is 315 g/mol. The molecule has 1 aromatic carbocycles. The smallest absolute Gasteiger partial charge is 0.165 e. The van der Waals surface area contributed by atoms with Crippen molar-refractivity contribution in [2.24, 2.45) is 0 Å². The lowest BCUT2D eigenvalue weighted by Gasteiger charge is -2.11. The third-order valence-electron chi connectivity index (χ3n) is 2.78. The predicted molar refractivity (Wildman–Crippen MR) is 77.5 cm³/mol. The first kappa shape index (κ1) is 13.6. The largest absolute Gasteiger partial charge is 0.494 e. The lowest BCUT2D eigenvalue weighted by molar-refractivity contribution is 0.386. The summed E-state index contributed by atoms with van der Waals surface area (Å²) >= 11 is 5.43. The Morgan fingerprint density at radius 2 is 2.00 bits per heavy atom. The molecule has 0 amide bonds. The summed E-state index contributed by atoms with van der Waals surface area (Å²) in [6.07, 6.45) is 0. The summed E-state index contributed by atoms with van der Waals surface area (Å²) in [5.41, 5.74) is 2.25. The van der Waals surface area contributed by atoms with Crippen molar-refractivity contribution in [1.82, 2.24) is 0 Å². The van der Waals surface area contributed by atoms with E-state index in [4.69, 9.17) is 4.74 Å². The van der Waals surface area contributed by atoms with E-state index in [2.05, 4.69) is 35.8 Å². The SMILES string of the molecule is COc1cc(C(Br)c2sc(C)cc2C)ccc1F. The van der Waals surface area contributed by atoms with E-state index in [0.29, 0.717) is 0 Å². The molecule has 0 saturated carbocycles. The lowest BCUT2D eigenvalue weighted by atomic mass is 10.1. The number of methoxy groups -OCH3 is 1. The average Bonchev–Trinajstić information content (AvgIpc) is 2.68. The summed E-state index contributed by atoms with van der Waals surface area (Å²) in [6, 6.07) is 7.13. The fourth-order valence-electron chi connectivity index (χ4n) is 1.90. The van der Waals surface area contributed by atoms with Gasteiger partial charge in [0.1, 0.15) is 0 Å². The average molecular weight is 329 g/mol. The fourth-order valence-corrected chi connectivity index (χ4v) is 3.86. The maximum absolute atomic E-state index is 13.4. The lowest BCUT2D eigenvalue weighted by Crippen LogP contribution is -1.95. The van der Waals surface area contributed by atoms with Crippen LogP contribution in [0.25, 0.3) is 0 Å². The zero-order valence-corrected chi connectivity index (χ0v) is 12.9. The van der Waals surface area contributed by atoms with Gasteiger partial charge in [0.25, 0.3) is 0 Å². The topological polar surface area (TPSA) is 9.23 Å². The van der Waals surface area contributed by atoms with Crippen LogP contribution in [0.1, 0.15) is 25.7 Å². The van der Waals surface area contributed by atoms with Gasteiger partial charge < -0.3 is 4.74 Å². The summed E-state index contributed by atoms with van der Waals surface area (Å²) in [7, 11) is 1.48. The van der Waals surface area contributed by atoms with Gasteiger partial charge in [-0.25, -0.2) is 4.39 Å². The molecule has 96 valence electrons. The van der Waals surface area contributed by atoms with Crippen LogP contribution in [0.3, 0.4) is 0 Å². The Morgan fingerprint density at radius 1 is 1.28 bits per heavy atom. The van der Waals surface area contributed by atoms with E-state index in [1.54, 1.807) is 23.5 Å². The molecule has 0 aliphatic heterocycles. The fraction of sp³-hybridized carbons (Fsp3) is 0.286. The Kier molecular flexibility index (Phi) is 4.07. The van der Waals surface area contributed by atoms with Gasteiger partial charge in [0, 0.05) is 9.75 Å². The van der Waals surface area contributed by atoms with Gasteiger partial charge in [0.2, 0.25) is 0 Å². The van der Waals surface area contributed by atoms with Crippen molar-refractivity contribution in [3.63, 3.8) is 0 Å². The van der Waals surface area contributed by atoms with Crippen molar-refractivity contribution in [3.05, 3.63) is 51.0 Å². The molecule has 0 aliphatic carbocycles. The maximum Gasteiger partial charge on any atom is 0.165 e. The van der Waals surface area contributed by atoms with E-state index in [9.17, 15) is 4.39 Å². The Balaban J connectivity index is 2.39. The molecule has 0 saturated heterocycles. The molecule has 1 aromatic heterocycles. The maximum atomic E-state index is 13.4. The summed E-state index contributed by atoms with van der Waals surface area (Å²) in [5.74, 6) is -0.0529. The Bertz CT molecular complexity index is 565. The van der Waals surface area contributed by atoms with Gasteiger partial charge in [-0.05, 0) is 43.2 Å². The van der Waals surface area contributed by atoms with E-state index < -0.39 is 0 Å². The number of alkyl halides is 1. The number of hydrogen-bond acceptors (Lipinski definition) is 2. The van der Waals surface area contributed by atoms with Crippen LogP contribution < -0.4 is 4.74 Å². The van der Waals surface area contributed by atoms with Crippen molar-refractivity contribution in [2.45, 2.75) is 18.7 Å². The number of aryl methyl sites for hydroxylation is 2. The number of benzene rings is 1. The van der Waals surface area contributed by atoms with Gasteiger partial charge in [-0.3, -0.25) is 0 Å². The van der Waals surface area contributed by atoms with Crippen LogP contribution in [0.4, 0.5) is 4.39 Å². The molecule has 0 radical (unpaired) electrons. The molecule has 0 N–H and O–H groups in total. The number of halogens is 2. The van der Waals surface area contributed by atoms with Crippen molar-refractivity contribution in [2.75, 3.05) is 7.11 Å². The number of thiophene rings is 1. The van der Waals surface area contributed by atoms with Gasteiger partial charge in [-0.2, -0.15) is 0 Å². The van der Waals surface area contributed by atoms with Crippen LogP contribution in [0, 0.1) is 19.7 Å². The minimum atomic E-state index is -0.333. The minimum absolute atomic E-state index is 0.0747. The second-order valence-corrected chi connectivity index (χ2v) is 6.36. The standard InChI is InChI=1S/C14H14BrFOS/c1-8-6-9(2)18-14(8)13(15)10-4-5-11(16)12(7-10)17-3/h4-7,13H,1-3H3. The van der Waals surface area contributed by atoms with Crippen LogP contribution >= 0.6 is 27.3 Å². The van der Waals surface area contributed by atoms with E-state index in [-0.39, 0.29) is 16.4 Å². The minimum Gasteiger partial charge on any atom is -0.494 e. The highest BCUT2D eigenvalue weighted by molar-refractivity contribution is 9.09. The Morgan fingerprint density at radius 3 is 2.56 bits per heavy atom. The van der Waals surface area contributed by atoms with Crippen LogP contribution in [-0.4, -0.2) is 7.11 Å². The van der Waals surface area contributed by atoms with Crippen LogP contribution in [-0.2, 0) is 0 Å². The Labute approximate surface area is 119 Å². The van der Waals surface area contributed by atoms with Gasteiger partial charge >= 0.3 is 0 Å². The van der Waals surface area contributed by atoms with Crippen LogP contribution in [0.2, 0.25) is 0 Å². The zero-order chi connectivity index (χ0) is 13.3. The van der Waals surface area contributed by atoms with Crippen molar-refractivity contribution >= 4 is 27.3 Å². The first-order valence-corrected chi connectivity index (χ1v) is 7.30. The van der Waals surface area contributed by atoms with E-state index in [1.165, 1.54) is 28.5 Å². The monoisotopic (exact) mass is 328 g/mol. The first-order valence-electron chi connectivity index (χ1n) is 5.57. The van der Waals surface area contributed by atoms with Gasteiger partial charge in [-0.15, -0.1) is 11.3 Å². The molecule has 0 aliphatic rings. The number of ether oxygens (including phenoxy) is 1. The highest BCUT2D eigenvalue weighted by Gasteiger charge is 2.17. The normalized spacial score (nSPS) is 12.5. The summed E-state index contributed by atoms with van der Waals surface area (Å²) in [4.78, 5) is 2.60. The summed E-state index contributed by atoms with van der Waals surface area (Å²) in [5, 5.41) is 0. The zero-order valence-electron chi connectivity index (χ0n) is 10.5. The van der Waals surface area contributed by atoms with Gasteiger partial charge in [0.05, 0.1) is 11.9 Å². The van der Waals surface area contributed by atoms with Gasteiger partial charge in [-0.1, -0.05) is 22.0 Å². The molecule has 0 fully saturated rings. The molecule has 1 atom stereocenters. The van der Waals surface area contributed by atoms with Crippen molar-refractivity contribution < 1.29 is 9.13 Å². The first-order chi connectivity index (χ1) is 8.52. The van der Waals surface area contributed by atoms with Crippen molar-refractivity contribution in [3.8, 4) is 5.75 Å². The second kappa shape index (κ2) is 5.41. The molecule has 1 nitrogen and oxygen atoms in total.